The Bertz CT molecular complexity index is 706. The monoisotopic (exact) mass is 306 g/mol. The van der Waals surface area contributed by atoms with Crippen LogP contribution >= 0.6 is 0 Å². The number of aliphatic hydroxyl groups is 1. The van der Waals surface area contributed by atoms with Gasteiger partial charge in [-0.15, -0.1) is 0 Å². The van der Waals surface area contributed by atoms with Gasteiger partial charge in [0.05, 0.1) is 6.54 Å². The number of urea groups is 1. The van der Waals surface area contributed by atoms with E-state index in [1.165, 1.54) is 11.9 Å². The summed E-state index contributed by atoms with van der Waals surface area (Å²) >= 11 is 0. The molecule has 1 saturated heterocycles. The molecule has 3 amide bonds. The normalized spacial score (nSPS) is 20.4. The molecule has 0 aromatic carbocycles. The molecule has 118 valence electrons. The highest BCUT2D eigenvalue weighted by atomic mass is 16.3. The number of rotatable bonds is 3. The SMILES string of the molecule is Cc1c(C)[n+](CCCO)c2n1C1C(=O)N(C)C(=O)N(C)C1=N2. The molecule has 2 aliphatic rings. The summed E-state index contributed by atoms with van der Waals surface area (Å²) in [5.74, 6) is 0.851. The number of aliphatic hydroxyl groups excluding tert-OH is 1. The highest BCUT2D eigenvalue weighted by Gasteiger charge is 2.53. The lowest BCUT2D eigenvalue weighted by molar-refractivity contribution is -0.689. The number of carbonyl (C=O) groups excluding carboxylic acids is 2. The van der Waals surface area contributed by atoms with Crippen LogP contribution in [0, 0.1) is 13.8 Å². The molecule has 0 bridgehead atoms. The van der Waals surface area contributed by atoms with Crippen LogP contribution in [0.5, 0.6) is 0 Å². The Balaban J connectivity index is 2.15. The predicted molar refractivity (Wildman–Crippen MR) is 77.9 cm³/mol. The van der Waals surface area contributed by atoms with Gasteiger partial charge in [0.15, 0.2) is 0 Å². The van der Waals surface area contributed by atoms with Crippen molar-refractivity contribution in [3.05, 3.63) is 11.4 Å². The van der Waals surface area contributed by atoms with Crippen molar-refractivity contribution < 1.29 is 19.3 Å². The maximum Gasteiger partial charge on any atom is 0.402 e. The number of carbonyl (C=O) groups is 2. The number of likely N-dealkylation sites (N-methyl/N-ethyl adjacent to an activating group) is 2. The van der Waals surface area contributed by atoms with E-state index >= 15 is 0 Å². The Kier molecular flexibility index (Phi) is 3.28. The summed E-state index contributed by atoms with van der Waals surface area (Å²) in [5, 5.41) is 9.06. The van der Waals surface area contributed by atoms with Crippen molar-refractivity contribution >= 4 is 23.7 Å². The van der Waals surface area contributed by atoms with E-state index < -0.39 is 6.04 Å². The average molecular weight is 306 g/mol. The van der Waals surface area contributed by atoms with Gasteiger partial charge in [-0.3, -0.25) is 14.6 Å². The van der Waals surface area contributed by atoms with Crippen LogP contribution < -0.4 is 4.57 Å². The molecule has 3 rings (SSSR count). The summed E-state index contributed by atoms with van der Waals surface area (Å²) in [6, 6.07) is -0.959. The first kappa shape index (κ1) is 14.7. The van der Waals surface area contributed by atoms with Crippen LogP contribution in [-0.2, 0) is 11.3 Å². The number of imidazole rings is 1. The molecule has 22 heavy (non-hydrogen) atoms. The average Bonchev–Trinajstić information content (AvgIpc) is 2.99. The fourth-order valence-corrected chi connectivity index (χ4v) is 3.08. The van der Waals surface area contributed by atoms with Gasteiger partial charge < -0.3 is 5.11 Å². The zero-order valence-corrected chi connectivity index (χ0v) is 13.2. The summed E-state index contributed by atoms with van der Waals surface area (Å²) < 4.78 is 3.87. The van der Waals surface area contributed by atoms with Crippen molar-refractivity contribution in [2.24, 2.45) is 4.99 Å². The van der Waals surface area contributed by atoms with Gasteiger partial charge in [-0.05, 0) is 13.8 Å². The quantitative estimate of drug-likeness (QED) is 0.791. The van der Waals surface area contributed by atoms with Gasteiger partial charge in [0.25, 0.3) is 5.91 Å². The first-order valence-electron chi connectivity index (χ1n) is 7.26. The summed E-state index contributed by atoms with van der Waals surface area (Å²) in [5.41, 5.74) is 1.96. The highest BCUT2D eigenvalue weighted by molar-refractivity contribution is 6.20. The van der Waals surface area contributed by atoms with Crippen molar-refractivity contribution in [1.82, 2.24) is 14.4 Å². The lowest BCUT2D eigenvalue weighted by atomic mass is 10.1. The first-order chi connectivity index (χ1) is 10.4. The van der Waals surface area contributed by atoms with Gasteiger partial charge in [0.2, 0.25) is 11.9 Å². The van der Waals surface area contributed by atoms with Crippen LogP contribution in [0.3, 0.4) is 0 Å². The number of amidine groups is 1. The molecular formula is C14H20N5O3+. The van der Waals surface area contributed by atoms with E-state index in [0.717, 1.165) is 16.3 Å². The van der Waals surface area contributed by atoms with Gasteiger partial charge in [-0.25, -0.2) is 13.9 Å². The molecule has 3 heterocycles. The number of aliphatic imine (C=N–C) groups is 1. The largest absolute Gasteiger partial charge is 0.402 e. The summed E-state index contributed by atoms with van der Waals surface area (Å²) in [6.07, 6.45) is 0.611. The standard InChI is InChI=1S/C14H20N5O3/c1-8-9(2)19-10-11(15-13(19)18(8)6-5-7-20)16(3)14(22)17(4)12(10)21/h10,20H,5-7H2,1-4H3/q+1. The van der Waals surface area contributed by atoms with E-state index in [0.29, 0.717) is 24.7 Å². The topological polar surface area (TPSA) is 82.0 Å². The number of hydrogen-bond acceptors (Lipinski definition) is 4. The Morgan fingerprint density at radius 2 is 1.91 bits per heavy atom. The van der Waals surface area contributed by atoms with E-state index in [1.807, 2.05) is 23.0 Å². The van der Waals surface area contributed by atoms with Crippen molar-refractivity contribution in [2.75, 3.05) is 20.7 Å². The number of nitrogens with zero attached hydrogens (tertiary/aromatic N) is 5. The molecule has 0 saturated carbocycles. The maximum atomic E-state index is 12.5. The van der Waals surface area contributed by atoms with Crippen molar-refractivity contribution in [3.8, 4) is 0 Å². The maximum absolute atomic E-state index is 12.5. The van der Waals surface area contributed by atoms with Crippen LogP contribution in [0.2, 0.25) is 0 Å². The van der Waals surface area contributed by atoms with Gasteiger partial charge >= 0.3 is 12.0 Å². The summed E-state index contributed by atoms with van der Waals surface area (Å²) in [7, 11) is 3.12. The van der Waals surface area contributed by atoms with E-state index in [4.69, 9.17) is 5.11 Å². The molecule has 1 unspecified atom stereocenters. The lowest BCUT2D eigenvalue weighted by Gasteiger charge is -2.30. The molecule has 1 fully saturated rings. The number of hydrogen-bond donors (Lipinski definition) is 1. The Morgan fingerprint density at radius 3 is 2.55 bits per heavy atom. The molecule has 2 aliphatic heterocycles. The second-order valence-electron chi connectivity index (χ2n) is 5.68. The van der Waals surface area contributed by atoms with E-state index in [9.17, 15) is 9.59 Å². The first-order valence-corrected chi connectivity index (χ1v) is 7.26. The molecule has 8 nitrogen and oxygen atoms in total. The minimum atomic E-state index is -0.586. The Labute approximate surface area is 128 Å². The van der Waals surface area contributed by atoms with E-state index in [-0.39, 0.29) is 18.5 Å². The fraction of sp³-hybridized carbons (Fsp3) is 0.571. The van der Waals surface area contributed by atoms with Crippen molar-refractivity contribution in [1.29, 1.82) is 0 Å². The molecule has 0 aliphatic carbocycles. The molecule has 0 radical (unpaired) electrons. The predicted octanol–water partition coefficient (Wildman–Crippen LogP) is -0.117. The minimum absolute atomic E-state index is 0.0934. The molecule has 0 spiro atoms. The molecule has 8 heteroatoms. The summed E-state index contributed by atoms with van der Waals surface area (Å²) in [4.78, 5) is 31.7. The zero-order chi connectivity index (χ0) is 16.2. The van der Waals surface area contributed by atoms with Crippen LogP contribution in [0.25, 0.3) is 0 Å². The second kappa shape index (κ2) is 4.91. The molecule has 1 aromatic heterocycles. The van der Waals surface area contributed by atoms with Crippen LogP contribution in [0.4, 0.5) is 10.7 Å². The fourth-order valence-electron chi connectivity index (χ4n) is 3.08. The third-order valence-electron chi connectivity index (χ3n) is 4.49. The van der Waals surface area contributed by atoms with E-state index in [1.54, 1.807) is 7.05 Å². The van der Waals surface area contributed by atoms with Gasteiger partial charge in [-0.2, -0.15) is 0 Å². The number of imide groups is 1. The highest BCUT2D eigenvalue weighted by Crippen LogP contribution is 2.34. The lowest BCUT2D eigenvalue weighted by Crippen LogP contribution is -2.56. The smallest absolute Gasteiger partial charge is 0.396 e. The van der Waals surface area contributed by atoms with E-state index in [2.05, 4.69) is 4.99 Å². The van der Waals surface area contributed by atoms with Crippen LogP contribution in [0.1, 0.15) is 23.9 Å². The number of amides is 3. The molecule has 1 aromatic rings. The minimum Gasteiger partial charge on any atom is -0.396 e. The van der Waals surface area contributed by atoms with Crippen LogP contribution in [0.15, 0.2) is 4.99 Å². The zero-order valence-electron chi connectivity index (χ0n) is 13.2. The third-order valence-corrected chi connectivity index (χ3v) is 4.49. The summed E-state index contributed by atoms with van der Waals surface area (Å²) in [6.45, 7) is 4.63. The van der Waals surface area contributed by atoms with Gasteiger partial charge in [-0.1, -0.05) is 4.99 Å². The Morgan fingerprint density at radius 1 is 1.23 bits per heavy atom. The molecule has 1 atom stereocenters. The Hall–Kier alpha value is -2.22. The van der Waals surface area contributed by atoms with Gasteiger partial charge in [0.1, 0.15) is 11.4 Å². The van der Waals surface area contributed by atoms with Gasteiger partial charge in [0, 0.05) is 27.1 Å². The number of fused-ring (bicyclic) bond motifs is 3. The van der Waals surface area contributed by atoms with Crippen molar-refractivity contribution in [2.45, 2.75) is 32.9 Å². The van der Waals surface area contributed by atoms with Crippen LogP contribution in [-0.4, -0.2) is 57.9 Å². The third kappa shape index (κ3) is 1.73. The molecule has 1 N–H and O–H groups in total. The van der Waals surface area contributed by atoms with Crippen molar-refractivity contribution in [3.63, 3.8) is 0 Å². The molecular weight excluding hydrogens is 286 g/mol. The number of aromatic nitrogens is 2. The second-order valence-corrected chi connectivity index (χ2v) is 5.68.